The summed E-state index contributed by atoms with van der Waals surface area (Å²) >= 11 is 0. The summed E-state index contributed by atoms with van der Waals surface area (Å²) in [7, 11) is 0. The normalized spacial score (nSPS) is 11.3. The predicted octanol–water partition coefficient (Wildman–Crippen LogP) is -1.09. The Hall–Kier alpha value is -3.58. The lowest BCUT2D eigenvalue weighted by atomic mass is 10.3. The van der Waals surface area contributed by atoms with E-state index in [1.54, 1.807) is 17.4 Å². The molecule has 0 aliphatic rings. The van der Waals surface area contributed by atoms with Crippen molar-refractivity contribution in [3.8, 4) is 0 Å². The van der Waals surface area contributed by atoms with Gasteiger partial charge in [-0.05, 0) is 18.9 Å². The summed E-state index contributed by atoms with van der Waals surface area (Å²) in [5.74, 6) is -2.30. The van der Waals surface area contributed by atoms with Crippen LogP contribution in [-0.2, 0) is 4.79 Å². The minimum absolute atomic E-state index is 0.0336. The molecule has 0 saturated heterocycles. The van der Waals surface area contributed by atoms with Crippen molar-refractivity contribution in [2.24, 2.45) is 0 Å². The number of fused-ring (bicyclic) bond motifs is 1. The number of halogens is 3. The summed E-state index contributed by atoms with van der Waals surface area (Å²) in [4.78, 5) is 23.2. The Labute approximate surface area is 167 Å². The molecule has 0 fully saturated rings. The monoisotopic (exact) mass is 432 g/mol. The summed E-state index contributed by atoms with van der Waals surface area (Å²) in [5.41, 5.74) is 0.355. The molecule has 1 aromatic carbocycles. The van der Waals surface area contributed by atoms with E-state index in [-0.39, 0.29) is 56.0 Å². The van der Waals surface area contributed by atoms with Crippen LogP contribution in [0.15, 0.2) is 24.3 Å². The van der Waals surface area contributed by atoms with Gasteiger partial charge in [-0.1, -0.05) is 12.1 Å². The largest absolute Gasteiger partial charge is 0.739 e. The number of carboxylic acid groups (broad SMARTS) is 1. The van der Waals surface area contributed by atoms with E-state index in [0.29, 0.717) is 9.58 Å². The number of aromatic nitrogens is 3. The van der Waals surface area contributed by atoms with Gasteiger partial charge >= 0.3 is 23.5 Å². The Morgan fingerprint density at radius 1 is 1.13 bits per heavy atom. The Morgan fingerprint density at radius 2 is 1.73 bits per heavy atom. The second-order valence-corrected chi connectivity index (χ2v) is 6.14. The Balaban J connectivity index is 1.81. The molecule has 0 radical (unpaired) electrons. The smallest absolute Gasteiger partial charge is 0.471 e. The zero-order chi connectivity index (χ0) is 22.3. The number of amides is 2. The minimum atomic E-state index is -5.00. The number of nitrogens with one attached hydrogen (secondary N) is 2. The number of alkyl halides is 3. The average molecular weight is 432 g/mol. The summed E-state index contributed by atoms with van der Waals surface area (Å²) in [6.45, 7) is -0.419. The summed E-state index contributed by atoms with van der Waals surface area (Å²) in [6, 6.07) is 6.20. The lowest BCUT2D eigenvalue weighted by Gasteiger charge is -2.24. The first-order valence-corrected chi connectivity index (χ1v) is 8.80. The van der Waals surface area contributed by atoms with E-state index in [1.165, 1.54) is 12.1 Å². The van der Waals surface area contributed by atoms with Crippen molar-refractivity contribution in [2.75, 3.05) is 31.5 Å². The number of carbonyl (C=O) groups excluding carboxylic acids is 2. The predicted molar refractivity (Wildman–Crippen MR) is 91.8 cm³/mol. The van der Waals surface area contributed by atoms with Gasteiger partial charge in [-0.15, -0.1) is 0 Å². The zero-order valence-electron chi connectivity index (χ0n) is 15.6. The van der Waals surface area contributed by atoms with Crippen LogP contribution in [0.4, 0.5) is 23.9 Å². The molecule has 14 heteroatoms. The fourth-order valence-electron chi connectivity index (χ4n) is 2.55. The summed E-state index contributed by atoms with van der Waals surface area (Å²) < 4.78 is 36.7. The van der Waals surface area contributed by atoms with Gasteiger partial charge in [-0.3, -0.25) is 10.1 Å². The maximum atomic E-state index is 12.3. The van der Waals surface area contributed by atoms with Crippen molar-refractivity contribution in [3.63, 3.8) is 0 Å². The molecular formula is C16H19F3N6O5. The number of para-hydroxylation sites is 2. The number of anilines is 1. The first-order valence-electron chi connectivity index (χ1n) is 8.80. The highest BCUT2D eigenvalue weighted by atomic mass is 19.4. The lowest BCUT2D eigenvalue weighted by Crippen LogP contribution is -2.46. The van der Waals surface area contributed by atoms with Gasteiger partial charge in [0.15, 0.2) is 5.52 Å². The van der Waals surface area contributed by atoms with Gasteiger partial charge in [0.25, 0.3) is 0 Å². The Morgan fingerprint density at radius 3 is 2.33 bits per heavy atom. The van der Waals surface area contributed by atoms with Crippen LogP contribution in [0.2, 0.25) is 0 Å². The van der Waals surface area contributed by atoms with Gasteiger partial charge in [0.2, 0.25) is 9.94 Å². The number of carbonyl (C=O) groups is 2. The molecule has 30 heavy (non-hydrogen) atoms. The molecule has 0 bridgehead atoms. The molecule has 2 rings (SSSR count). The minimum Gasteiger partial charge on any atom is -0.739 e. The zero-order valence-corrected chi connectivity index (χ0v) is 15.6. The number of benzene rings is 1. The van der Waals surface area contributed by atoms with E-state index in [2.05, 4.69) is 10.4 Å². The van der Waals surface area contributed by atoms with Crippen molar-refractivity contribution in [2.45, 2.75) is 19.0 Å². The second-order valence-electron chi connectivity index (χ2n) is 6.14. The number of rotatable bonds is 9. The van der Waals surface area contributed by atoms with E-state index in [0.717, 1.165) is 4.90 Å². The molecule has 2 amide bonds. The molecule has 0 unspecified atom stereocenters. The molecule has 0 spiro atoms. The highest BCUT2D eigenvalue weighted by Gasteiger charge is 2.38. The van der Waals surface area contributed by atoms with Crippen LogP contribution >= 0.6 is 0 Å². The fourth-order valence-corrected chi connectivity index (χ4v) is 2.55. The van der Waals surface area contributed by atoms with Gasteiger partial charge in [-0.25, -0.2) is 9.94 Å². The molecule has 0 aliphatic heterocycles. The van der Waals surface area contributed by atoms with Crippen molar-refractivity contribution in [1.29, 1.82) is 0 Å². The third-order valence-corrected chi connectivity index (χ3v) is 3.99. The van der Waals surface area contributed by atoms with E-state index in [9.17, 15) is 38.3 Å². The summed E-state index contributed by atoms with van der Waals surface area (Å²) in [5, 5.41) is 41.2. The standard InChI is InChI=1S/C16H19F3N6O5/c17-16(18,19)13(26)20-7-3-9-23(15(27)28)10-4-8-21-14-22-25(30)12-6-2-1-5-11(12)24(14)29/h1-2,5-6H,3-4,7-10H2,(H3-,20,21,22,26,27,28,30). The van der Waals surface area contributed by atoms with Crippen LogP contribution in [-0.4, -0.2) is 59.6 Å². The maximum absolute atomic E-state index is 12.3. The highest BCUT2D eigenvalue weighted by molar-refractivity contribution is 5.81. The third kappa shape index (κ3) is 5.96. The topological polar surface area (TPSA) is 148 Å². The molecule has 164 valence electrons. The lowest BCUT2D eigenvalue weighted by molar-refractivity contribution is -0.933. The van der Waals surface area contributed by atoms with Crippen LogP contribution in [0.25, 0.3) is 11.0 Å². The van der Waals surface area contributed by atoms with Gasteiger partial charge in [0.05, 0.1) is 6.54 Å². The number of hydrogen-bond acceptors (Lipinski definition) is 7. The van der Waals surface area contributed by atoms with Crippen LogP contribution in [0.5, 0.6) is 0 Å². The Bertz CT molecular complexity index is 911. The number of hydrogen-bond donors (Lipinski definition) is 3. The van der Waals surface area contributed by atoms with E-state index in [4.69, 9.17) is 0 Å². The SMILES string of the molecule is O=C([O-])N(CCCNC(=O)C(F)(F)F)CCCNc1n[n+](O)c2ccccc2[n+]1[O-]. The molecule has 1 heterocycles. The second kappa shape index (κ2) is 9.76. The van der Waals surface area contributed by atoms with E-state index >= 15 is 0 Å². The van der Waals surface area contributed by atoms with Gasteiger partial charge in [0, 0.05) is 25.7 Å². The molecule has 11 nitrogen and oxygen atoms in total. The van der Waals surface area contributed by atoms with Crippen molar-refractivity contribution in [1.82, 2.24) is 15.3 Å². The molecule has 1 aromatic heterocycles. The van der Waals surface area contributed by atoms with Gasteiger partial charge in [0.1, 0.15) is 6.09 Å². The Kier molecular flexibility index (Phi) is 7.38. The fraction of sp³-hybridized carbons (Fsp3) is 0.438. The molecule has 0 aliphatic carbocycles. The van der Waals surface area contributed by atoms with Crippen LogP contribution < -0.4 is 25.3 Å². The first kappa shape index (κ1) is 22.7. The molecule has 0 atom stereocenters. The van der Waals surface area contributed by atoms with Crippen LogP contribution in [0.3, 0.4) is 0 Å². The highest BCUT2D eigenvalue weighted by Crippen LogP contribution is 2.13. The molecule has 2 aromatic rings. The van der Waals surface area contributed by atoms with Crippen molar-refractivity contribution in [3.05, 3.63) is 29.5 Å². The van der Waals surface area contributed by atoms with E-state index < -0.39 is 18.2 Å². The van der Waals surface area contributed by atoms with Crippen molar-refractivity contribution < 1.29 is 42.6 Å². The maximum Gasteiger partial charge on any atom is 0.471 e. The average Bonchev–Trinajstić information content (AvgIpc) is 2.69. The first-order chi connectivity index (χ1) is 14.1. The quantitative estimate of drug-likeness (QED) is 0.197. The molecule has 3 N–H and O–H groups in total. The van der Waals surface area contributed by atoms with Gasteiger partial charge in [-0.2, -0.15) is 13.2 Å². The van der Waals surface area contributed by atoms with Crippen LogP contribution in [0.1, 0.15) is 12.8 Å². The van der Waals surface area contributed by atoms with Crippen molar-refractivity contribution >= 4 is 29.0 Å². The number of nitrogens with zero attached hydrogens (tertiary/aromatic N) is 4. The molecular weight excluding hydrogens is 413 g/mol. The summed E-state index contributed by atoms with van der Waals surface area (Å²) in [6.07, 6.45) is -6.35. The third-order valence-electron chi connectivity index (χ3n) is 3.99. The van der Waals surface area contributed by atoms with Gasteiger partial charge < -0.3 is 25.3 Å². The van der Waals surface area contributed by atoms with Crippen LogP contribution in [0, 0.1) is 5.21 Å². The van der Waals surface area contributed by atoms with E-state index in [1.807, 2.05) is 0 Å². The molecule has 0 saturated carbocycles.